The molecule has 0 aliphatic carbocycles. The van der Waals surface area contributed by atoms with E-state index in [1.807, 2.05) is 13.0 Å². The molecule has 4 N–H and O–H groups in total. The molecule has 1 aromatic carbocycles. The van der Waals surface area contributed by atoms with Crippen molar-refractivity contribution in [2.45, 2.75) is 6.92 Å². The summed E-state index contributed by atoms with van der Waals surface area (Å²) in [6, 6.07) is 5.30. The lowest BCUT2D eigenvalue weighted by atomic mass is 10.1. The van der Waals surface area contributed by atoms with Crippen molar-refractivity contribution in [3.05, 3.63) is 28.8 Å². The Morgan fingerprint density at radius 2 is 2.12 bits per heavy atom. The number of nitrogens with two attached hydrogens (primary N) is 2. The van der Waals surface area contributed by atoms with Gasteiger partial charge in [-0.2, -0.15) is 0 Å². The van der Waals surface area contributed by atoms with Gasteiger partial charge in [0, 0.05) is 12.2 Å². The highest BCUT2D eigenvalue weighted by Gasteiger charge is 2.15. The molecule has 0 atom stereocenters. The van der Waals surface area contributed by atoms with Gasteiger partial charge in [-0.25, -0.2) is 0 Å². The van der Waals surface area contributed by atoms with Crippen LogP contribution in [0.2, 0.25) is 5.02 Å². The number of rotatable bonds is 5. The Bertz CT molecular complexity index is 450. The Morgan fingerprint density at radius 3 is 2.59 bits per heavy atom. The minimum atomic E-state index is -0.416. The molecule has 0 saturated heterocycles. The summed E-state index contributed by atoms with van der Waals surface area (Å²) >= 11 is 11.0. The number of primary amides is 1. The molecule has 0 unspecified atom stereocenters. The first-order chi connectivity index (χ1) is 7.97. The normalized spacial score (nSPS) is 10.0. The van der Waals surface area contributed by atoms with Gasteiger partial charge in [-0.1, -0.05) is 29.9 Å². The smallest absolute Gasteiger partial charge is 0.236 e. The van der Waals surface area contributed by atoms with E-state index in [0.29, 0.717) is 17.1 Å². The number of anilines is 1. The van der Waals surface area contributed by atoms with Crippen molar-refractivity contribution in [1.29, 1.82) is 0 Å². The Morgan fingerprint density at radius 1 is 1.47 bits per heavy atom. The number of hydrogen-bond donors (Lipinski definition) is 2. The summed E-state index contributed by atoms with van der Waals surface area (Å²) in [5.41, 5.74) is 12.1. The Labute approximate surface area is 111 Å². The topological polar surface area (TPSA) is 72.3 Å². The number of hydrogen-bond acceptors (Lipinski definition) is 3. The molecule has 0 aromatic heterocycles. The Kier molecular flexibility index (Phi) is 4.72. The largest absolute Gasteiger partial charge is 0.389 e. The summed E-state index contributed by atoms with van der Waals surface area (Å²) in [5, 5.41) is 0.470. The van der Waals surface area contributed by atoms with E-state index in [1.165, 1.54) is 0 Å². The van der Waals surface area contributed by atoms with Crippen LogP contribution in [-0.4, -0.2) is 24.0 Å². The predicted octanol–water partition coefficient (Wildman–Crippen LogP) is 1.29. The number of thiocarbonyl (C=S) groups is 1. The van der Waals surface area contributed by atoms with Gasteiger partial charge in [-0.3, -0.25) is 4.79 Å². The van der Waals surface area contributed by atoms with E-state index in [2.05, 4.69) is 0 Å². The number of halogens is 1. The third-order valence-electron chi connectivity index (χ3n) is 2.31. The van der Waals surface area contributed by atoms with Crippen LogP contribution in [0.5, 0.6) is 0 Å². The molecule has 92 valence electrons. The zero-order valence-electron chi connectivity index (χ0n) is 9.44. The monoisotopic (exact) mass is 271 g/mol. The molecule has 4 nitrogen and oxygen atoms in total. The van der Waals surface area contributed by atoms with Crippen molar-refractivity contribution in [3.8, 4) is 0 Å². The average molecular weight is 272 g/mol. The van der Waals surface area contributed by atoms with Crippen molar-refractivity contribution >= 4 is 40.4 Å². The molecule has 17 heavy (non-hydrogen) atoms. The van der Waals surface area contributed by atoms with Crippen LogP contribution >= 0.6 is 23.8 Å². The van der Waals surface area contributed by atoms with Gasteiger partial charge in [0.1, 0.15) is 4.99 Å². The quantitative estimate of drug-likeness (QED) is 0.792. The van der Waals surface area contributed by atoms with Gasteiger partial charge >= 0.3 is 0 Å². The third kappa shape index (κ3) is 3.31. The van der Waals surface area contributed by atoms with E-state index >= 15 is 0 Å². The molecule has 0 spiro atoms. The van der Waals surface area contributed by atoms with Gasteiger partial charge in [0.2, 0.25) is 5.91 Å². The lowest BCUT2D eigenvalue weighted by molar-refractivity contribution is -0.116. The van der Waals surface area contributed by atoms with Crippen LogP contribution < -0.4 is 16.4 Å². The third-order valence-corrected chi connectivity index (χ3v) is 2.83. The highest BCUT2D eigenvalue weighted by Crippen LogP contribution is 2.27. The number of likely N-dealkylation sites (N-methyl/N-ethyl adjacent to an activating group) is 1. The molecule has 1 rings (SSSR count). The fraction of sp³-hybridized carbons (Fsp3) is 0.273. The van der Waals surface area contributed by atoms with Crippen molar-refractivity contribution < 1.29 is 4.79 Å². The fourth-order valence-corrected chi connectivity index (χ4v) is 2.12. The Balaban J connectivity index is 3.23. The van der Waals surface area contributed by atoms with Crippen LogP contribution in [0, 0.1) is 0 Å². The molecule has 0 fully saturated rings. The van der Waals surface area contributed by atoms with Crippen LogP contribution in [0.3, 0.4) is 0 Å². The van der Waals surface area contributed by atoms with E-state index in [1.54, 1.807) is 17.0 Å². The second-order valence-corrected chi connectivity index (χ2v) is 4.33. The van der Waals surface area contributed by atoms with Crippen molar-refractivity contribution in [2.24, 2.45) is 11.5 Å². The standard InChI is InChI=1S/C11H14ClN3OS/c1-2-15(6-9(13)16)8-5-3-4-7(12)10(8)11(14)17/h3-5H,2,6H2,1H3,(H2,13,16)(H2,14,17). The lowest BCUT2D eigenvalue weighted by Gasteiger charge is -2.24. The van der Waals surface area contributed by atoms with Gasteiger partial charge in [0.15, 0.2) is 0 Å². The first kappa shape index (κ1) is 13.7. The molecular formula is C11H14ClN3OS. The summed E-state index contributed by atoms with van der Waals surface area (Å²) in [4.78, 5) is 13.0. The lowest BCUT2D eigenvalue weighted by Crippen LogP contribution is -2.35. The van der Waals surface area contributed by atoms with Crippen LogP contribution in [0.1, 0.15) is 12.5 Å². The first-order valence-corrected chi connectivity index (χ1v) is 5.87. The highest BCUT2D eigenvalue weighted by molar-refractivity contribution is 7.80. The molecule has 0 heterocycles. The number of nitrogens with zero attached hydrogens (tertiary/aromatic N) is 1. The maximum atomic E-state index is 11.0. The predicted molar refractivity (Wildman–Crippen MR) is 74.4 cm³/mol. The molecule has 0 aliphatic heterocycles. The van der Waals surface area contributed by atoms with Crippen LogP contribution in [0.25, 0.3) is 0 Å². The molecule has 0 saturated carbocycles. The van der Waals surface area contributed by atoms with Gasteiger partial charge in [-0.15, -0.1) is 0 Å². The average Bonchev–Trinajstić information content (AvgIpc) is 2.24. The number of benzene rings is 1. The van der Waals surface area contributed by atoms with Gasteiger partial charge in [-0.05, 0) is 19.1 Å². The highest BCUT2D eigenvalue weighted by atomic mass is 35.5. The molecule has 1 aromatic rings. The van der Waals surface area contributed by atoms with Gasteiger partial charge in [0.25, 0.3) is 0 Å². The first-order valence-electron chi connectivity index (χ1n) is 5.09. The maximum absolute atomic E-state index is 11.0. The van der Waals surface area contributed by atoms with Crippen LogP contribution in [-0.2, 0) is 4.79 Å². The zero-order chi connectivity index (χ0) is 13.0. The van der Waals surface area contributed by atoms with Gasteiger partial charge < -0.3 is 16.4 Å². The summed E-state index contributed by atoms with van der Waals surface area (Å²) in [6.45, 7) is 2.62. The van der Waals surface area contributed by atoms with Gasteiger partial charge in [0.05, 0.1) is 17.1 Å². The van der Waals surface area contributed by atoms with Crippen molar-refractivity contribution in [2.75, 3.05) is 18.0 Å². The van der Waals surface area contributed by atoms with Crippen LogP contribution in [0.4, 0.5) is 5.69 Å². The zero-order valence-corrected chi connectivity index (χ0v) is 11.0. The SMILES string of the molecule is CCN(CC(N)=O)c1cccc(Cl)c1C(N)=S. The molecule has 6 heteroatoms. The van der Waals surface area contributed by atoms with E-state index < -0.39 is 5.91 Å². The number of carbonyl (C=O) groups is 1. The molecule has 0 radical (unpaired) electrons. The van der Waals surface area contributed by atoms with Crippen molar-refractivity contribution in [1.82, 2.24) is 0 Å². The second kappa shape index (κ2) is 5.84. The summed E-state index contributed by atoms with van der Waals surface area (Å²) in [5.74, 6) is -0.416. The summed E-state index contributed by atoms with van der Waals surface area (Å²) in [6.07, 6.45) is 0. The Hall–Kier alpha value is -1.33. The van der Waals surface area contributed by atoms with E-state index in [0.717, 1.165) is 5.69 Å². The minimum absolute atomic E-state index is 0.104. The molecule has 0 bridgehead atoms. The summed E-state index contributed by atoms with van der Waals surface area (Å²) in [7, 11) is 0. The number of carbonyl (C=O) groups excluding carboxylic acids is 1. The minimum Gasteiger partial charge on any atom is -0.389 e. The second-order valence-electron chi connectivity index (χ2n) is 3.48. The molecular weight excluding hydrogens is 258 g/mol. The van der Waals surface area contributed by atoms with E-state index in [-0.39, 0.29) is 11.5 Å². The van der Waals surface area contributed by atoms with E-state index in [4.69, 9.17) is 35.3 Å². The maximum Gasteiger partial charge on any atom is 0.236 e. The van der Waals surface area contributed by atoms with Crippen molar-refractivity contribution in [3.63, 3.8) is 0 Å². The number of amides is 1. The van der Waals surface area contributed by atoms with Crippen LogP contribution in [0.15, 0.2) is 18.2 Å². The molecule has 1 amide bonds. The molecule has 0 aliphatic rings. The fourth-order valence-electron chi connectivity index (χ4n) is 1.58. The van der Waals surface area contributed by atoms with E-state index in [9.17, 15) is 4.79 Å². The summed E-state index contributed by atoms with van der Waals surface area (Å²) < 4.78 is 0.